The highest BCUT2D eigenvalue weighted by molar-refractivity contribution is 5.94. The maximum absolute atomic E-state index is 13.8. The van der Waals surface area contributed by atoms with Gasteiger partial charge < -0.3 is 10.6 Å². The minimum Gasteiger partial charge on any atom is -0.329 e. The number of halogens is 1. The monoisotopic (exact) mass is 484 g/mol. The van der Waals surface area contributed by atoms with Crippen molar-refractivity contribution in [2.75, 3.05) is 13.1 Å². The molecule has 0 saturated carbocycles. The third-order valence-corrected chi connectivity index (χ3v) is 6.13. The van der Waals surface area contributed by atoms with E-state index in [0.717, 1.165) is 11.1 Å². The molecule has 4 aromatic rings. The van der Waals surface area contributed by atoms with Gasteiger partial charge in [0, 0.05) is 24.8 Å². The first-order valence-corrected chi connectivity index (χ1v) is 12.0. The molecular weight excluding hydrogens is 455 g/mol. The Morgan fingerprint density at radius 1 is 1.00 bits per heavy atom. The number of aromatic nitrogens is 2. The average Bonchev–Trinajstić information content (AvgIpc) is 2.91. The predicted molar refractivity (Wildman–Crippen MR) is 139 cm³/mol. The van der Waals surface area contributed by atoms with Crippen molar-refractivity contribution in [3.05, 3.63) is 124 Å². The highest BCUT2D eigenvalue weighted by Crippen LogP contribution is 2.26. The zero-order valence-corrected chi connectivity index (χ0v) is 20.2. The summed E-state index contributed by atoms with van der Waals surface area (Å²) in [6.45, 7) is 2.74. The minimum atomic E-state index is -0.507. The minimum absolute atomic E-state index is 0.185. The summed E-state index contributed by atoms with van der Waals surface area (Å²) in [6.07, 6.45) is 2.10. The van der Waals surface area contributed by atoms with Crippen LogP contribution in [-0.2, 0) is 6.54 Å². The molecule has 0 bridgehead atoms. The Morgan fingerprint density at radius 2 is 1.64 bits per heavy atom. The highest BCUT2D eigenvalue weighted by atomic mass is 19.1. The first-order valence-electron chi connectivity index (χ1n) is 12.0. The van der Waals surface area contributed by atoms with Crippen molar-refractivity contribution < 1.29 is 9.18 Å². The molecule has 0 aliphatic carbocycles. The van der Waals surface area contributed by atoms with Crippen molar-refractivity contribution >= 4 is 5.91 Å². The van der Waals surface area contributed by atoms with Gasteiger partial charge in [-0.05, 0) is 41.8 Å². The Hall–Kier alpha value is -4.10. The Morgan fingerprint density at radius 3 is 2.25 bits per heavy atom. The number of hydrogen-bond donors (Lipinski definition) is 1. The Balaban J connectivity index is 1.84. The second-order valence-corrected chi connectivity index (χ2v) is 8.49. The summed E-state index contributed by atoms with van der Waals surface area (Å²) in [7, 11) is 0. The molecule has 2 N–H and O–H groups in total. The number of benzene rings is 3. The van der Waals surface area contributed by atoms with Crippen molar-refractivity contribution in [3.8, 4) is 11.1 Å². The average molecular weight is 485 g/mol. The fourth-order valence-electron chi connectivity index (χ4n) is 4.34. The Labute approximate surface area is 209 Å². The van der Waals surface area contributed by atoms with Gasteiger partial charge in [0.2, 0.25) is 0 Å². The van der Waals surface area contributed by atoms with Crippen LogP contribution in [0.5, 0.6) is 0 Å². The molecule has 7 heteroatoms. The van der Waals surface area contributed by atoms with Crippen LogP contribution in [-0.4, -0.2) is 33.4 Å². The molecule has 3 aromatic carbocycles. The fourth-order valence-corrected chi connectivity index (χ4v) is 4.34. The molecular formula is C29H29FN4O2. The van der Waals surface area contributed by atoms with Crippen molar-refractivity contribution in [2.45, 2.75) is 25.9 Å². The third-order valence-electron chi connectivity index (χ3n) is 6.13. The topological polar surface area (TPSA) is 81.2 Å². The van der Waals surface area contributed by atoms with Crippen molar-refractivity contribution in [1.29, 1.82) is 0 Å². The second kappa shape index (κ2) is 11.6. The van der Waals surface area contributed by atoms with Gasteiger partial charge in [0.25, 0.3) is 11.5 Å². The SMILES string of the molecule is CCC(c1ncc(-c2ccccc2)c(=O)n1Cc1ccccc1)N(CCN)C(=O)c1ccc(F)cc1. The Kier molecular flexibility index (Phi) is 8.02. The molecule has 0 radical (unpaired) electrons. The molecule has 1 aromatic heterocycles. The Bertz CT molecular complexity index is 1360. The molecule has 1 amide bonds. The second-order valence-electron chi connectivity index (χ2n) is 8.49. The number of nitrogens with two attached hydrogens (primary N) is 1. The zero-order chi connectivity index (χ0) is 25.5. The number of rotatable bonds is 9. The largest absolute Gasteiger partial charge is 0.329 e. The van der Waals surface area contributed by atoms with Gasteiger partial charge in [0.05, 0.1) is 18.2 Å². The molecule has 4 rings (SSSR count). The van der Waals surface area contributed by atoms with Crippen LogP contribution < -0.4 is 11.3 Å². The molecule has 36 heavy (non-hydrogen) atoms. The van der Waals surface area contributed by atoms with Gasteiger partial charge >= 0.3 is 0 Å². The van der Waals surface area contributed by atoms with Gasteiger partial charge in [-0.25, -0.2) is 9.37 Å². The lowest BCUT2D eigenvalue weighted by Crippen LogP contribution is -2.41. The number of hydrogen-bond acceptors (Lipinski definition) is 4. The van der Waals surface area contributed by atoms with Gasteiger partial charge in [-0.1, -0.05) is 67.6 Å². The molecule has 0 fully saturated rings. The number of carbonyl (C=O) groups is 1. The number of amides is 1. The van der Waals surface area contributed by atoms with Crippen LogP contribution in [0.2, 0.25) is 0 Å². The molecule has 1 heterocycles. The first-order chi connectivity index (χ1) is 17.5. The van der Waals surface area contributed by atoms with Gasteiger partial charge in [0.1, 0.15) is 11.6 Å². The van der Waals surface area contributed by atoms with Gasteiger partial charge in [0.15, 0.2) is 0 Å². The lowest BCUT2D eigenvalue weighted by atomic mass is 10.1. The van der Waals surface area contributed by atoms with E-state index in [4.69, 9.17) is 10.7 Å². The zero-order valence-electron chi connectivity index (χ0n) is 20.2. The van der Waals surface area contributed by atoms with Crippen molar-refractivity contribution in [2.24, 2.45) is 5.73 Å². The van der Waals surface area contributed by atoms with E-state index >= 15 is 0 Å². The summed E-state index contributed by atoms with van der Waals surface area (Å²) in [5.74, 6) is -0.228. The lowest BCUT2D eigenvalue weighted by Gasteiger charge is -2.32. The van der Waals surface area contributed by atoms with E-state index in [1.807, 2.05) is 67.6 Å². The predicted octanol–water partition coefficient (Wildman–Crippen LogP) is 4.65. The maximum Gasteiger partial charge on any atom is 0.261 e. The summed E-state index contributed by atoms with van der Waals surface area (Å²) in [6, 6.07) is 24.0. The van der Waals surface area contributed by atoms with Crippen LogP contribution in [0, 0.1) is 5.82 Å². The van der Waals surface area contributed by atoms with Crippen LogP contribution in [0.25, 0.3) is 11.1 Å². The molecule has 6 nitrogen and oxygen atoms in total. The maximum atomic E-state index is 13.8. The van der Waals surface area contributed by atoms with Crippen LogP contribution in [0.4, 0.5) is 4.39 Å². The van der Waals surface area contributed by atoms with Crippen molar-refractivity contribution in [3.63, 3.8) is 0 Å². The van der Waals surface area contributed by atoms with E-state index in [1.54, 1.807) is 15.7 Å². The molecule has 0 spiro atoms. The van der Waals surface area contributed by atoms with Crippen LogP contribution in [0.3, 0.4) is 0 Å². The first kappa shape index (κ1) is 25.0. The van der Waals surface area contributed by atoms with E-state index in [2.05, 4.69) is 0 Å². The molecule has 0 saturated heterocycles. The number of carbonyl (C=O) groups excluding carboxylic acids is 1. The summed E-state index contributed by atoms with van der Waals surface area (Å²) >= 11 is 0. The lowest BCUT2D eigenvalue weighted by molar-refractivity contribution is 0.0663. The molecule has 1 unspecified atom stereocenters. The normalized spacial score (nSPS) is 11.8. The summed E-state index contributed by atoms with van der Waals surface area (Å²) in [5, 5.41) is 0. The fraction of sp³-hybridized carbons (Fsp3) is 0.207. The smallest absolute Gasteiger partial charge is 0.261 e. The summed E-state index contributed by atoms with van der Waals surface area (Å²) in [5.41, 5.74) is 8.26. The van der Waals surface area contributed by atoms with Crippen LogP contribution in [0.1, 0.15) is 41.1 Å². The van der Waals surface area contributed by atoms with Crippen LogP contribution in [0.15, 0.2) is 95.9 Å². The van der Waals surface area contributed by atoms with E-state index < -0.39 is 11.9 Å². The van der Waals surface area contributed by atoms with E-state index in [-0.39, 0.29) is 24.6 Å². The number of nitrogens with zero attached hydrogens (tertiary/aromatic N) is 3. The van der Waals surface area contributed by atoms with Crippen molar-refractivity contribution in [1.82, 2.24) is 14.5 Å². The van der Waals surface area contributed by atoms with Crippen LogP contribution >= 0.6 is 0 Å². The van der Waals surface area contributed by atoms with E-state index in [0.29, 0.717) is 29.9 Å². The van der Waals surface area contributed by atoms with Gasteiger partial charge in [-0.3, -0.25) is 14.2 Å². The van der Waals surface area contributed by atoms with E-state index in [1.165, 1.54) is 24.3 Å². The molecule has 1 atom stereocenters. The third kappa shape index (κ3) is 5.42. The molecule has 0 aliphatic heterocycles. The highest BCUT2D eigenvalue weighted by Gasteiger charge is 2.29. The summed E-state index contributed by atoms with van der Waals surface area (Å²) in [4.78, 5) is 33.7. The van der Waals surface area contributed by atoms with E-state index in [9.17, 15) is 14.0 Å². The van der Waals surface area contributed by atoms with Gasteiger partial charge in [-0.2, -0.15) is 0 Å². The quantitative estimate of drug-likeness (QED) is 0.375. The van der Waals surface area contributed by atoms with Gasteiger partial charge in [-0.15, -0.1) is 0 Å². The summed E-state index contributed by atoms with van der Waals surface area (Å²) < 4.78 is 15.1. The standard InChI is InChI=1S/C29H29FN4O2/c1-2-26(33(18-17-31)28(35)23-13-15-24(30)16-14-23)27-32-19-25(22-11-7-4-8-12-22)29(36)34(27)20-21-9-5-3-6-10-21/h3-16,19,26H,2,17-18,20,31H2,1H3. The molecule has 184 valence electrons. The molecule has 0 aliphatic rings.